The zero-order chi connectivity index (χ0) is 16.9. The van der Waals surface area contributed by atoms with Crippen molar-refractivity contribution in [3.63, 3.8) is 0 Å². The molecule has 0 unspecified atom stereocenters. The highest BCUT2D eigenvalue weighted by Crippen LogP contribution is 2.19. The van der Waals surface area contributed by atoms with Gasteiger partial charge in [0.25, 0.3) is 5.91 Å². The fraction of sp³-hybridized carbons (Fsp3) is 0.312. The number of nitrogens with one attached hydrogen (secondary N) is 1. The van der Waals surface area contributed by atoms with Crippen LogP contribution in [-0.4, -0.2) is 46.5 Å². The molecule has 2 aromatic rings. The second-order valence-corrected chi connectivity index (χ2v) is 5.35. The topological polar surface area (TPSA) is 67.4 Å². The molecule has 126 valence electrons. The van der Waals surface area contributed by atoms with E-state index in [9.17, 15) is 13.6 Å². The van der Waals surface area contributed by atoms with Gasteiger partial charge in [-0.2, -0.15) is 8.78 Å². The fourth-order valence-electron chi connectivity index (χ4n) is 2.56. The number of likely N-dealkylation sites (tertiary alicyclic amines) is 1. The fourth-order valence-corrected chi connectivity index (χ4v) is 2.56. The molecule has 0 bridgehead atoms. The molecule has 6 nitrogen and oxygen atoms in total. The first-order valence-corrected chi connectivity index (χ1v) is 7.49. The Kier molecular flexibility index (Phi) is 4.83. The number of hydrogen-bond donors (Lipinski definition) is 1. The molecule has 1 saturated heterocycles. The van der Waals surface area contributed by atoms with Crippen molar-refractivity contribution in [2.75, 3.05) is 18.4 Å². The molecule has 8 heteroatoms. The van der Waals surface area contributed by atoms with Crippen molar-refractivity contribution in [2.45, 2.75) is 19.1 Å². The number of halogens is 2. The maximum Gasteiger partial charge on any atom is 0.387 e. The Balaban J connectivity index is 1.55. The van der Waals surface area contributed by atoms with Crippen molar-refractivity contribution < 1.29 is 18.3 Å². The number of aromatic nitrogens is 2. The first kappa shape index (κ1) is 16.1. The second-order valence-electron chi connectivity index (χ2n) is 5.35. The average molecular weight is 334 g/mol. The molecule has 1 aliphatic rings. The third kappa shape index (κ3) is 3.95. The Morgan fingerprint density at radius 2 is 2.17 bits per heavy atom. The summed E-state index contributed by atoms with van der Waals surface area (Å²) in [6.45, 7) is -1.71. The number of carbonyl (C=O) groups excluding carboxylic acids is 1. The van der Waals surface area contributed by atoms with Crippen LogP contribution >= 0.6 is 0 Å². The van der Waals surface area contributed by atoms with Crippen LogP contribution in [0.1, 0.15) is 16.9 Å². The highest BCUT2D eigenvalue weighted by molar-refractivity contribution is 5.92. The van der Waals surface area contributed by atoms with Gasteiger partial charge < -0.3 is 15.0 Å². The number of ether oxygens (including phenoxy) is 1. The molecule has 3 heterocycles. The van der Waals surface area contributed by atoms with Gasteiger partial charge in [-0.25, -0.2) is 4.98 Å². The number of rotatable bonds is 5. The van der Waals surface area contributed by atoms with Crippen LogP contribution in [0.3, 0.4) is 0 Å². The Morgan fingerprint density at radius 1 is 1.29 bits per heavy atom. The highest BCUT2D eigenvalue weighted by atomic mass is 19.3. The molecular weight excluding hydrogens is 318 g/mol. The van der Waals surface area contributed by atoms with Crippen molar-refractivity contribution >= 4 is 11.7 Å². The van der Waals surface area contributed by atoms with Gasteiger partial charge in [-0.05, 0) is 30.7 Å². The van der Waals surface area contributed by atoms with Crippen LogP contribution in [0.2, 0.25) is 0 Å². The summed E-state index contributed by atoms with van der Waals surface area (Å²) in [5, 5.41) is 3.19. The van der Waals surface area contributed by atoms with Crippen molar-refractivity contribution in [3.8, 4) is 5.75 Å². The quantitative estimate of drug-likeness (QED) is 0.909. The maximum atomic E-state index is 12.3. The van der Waals surface area contributed by atoms with Gasteiger partial charge in [0.1, 0.15) is 17.3 Å². The van der Waals surface area contributed by atoms with E-state index in [1.165, 1.54) is 12.3 Å². The van der Waals surface area contributed by atoms with Crippen LogP contribution in [0.5, 0.6) is 5.75 Å². The number of pyridine rings is 2. The van der Waals surface area contributed by atoms with Crippen LogP contribution in [-0.2, 0) is 0 Å². The monoisotopic (exact) mass is 334 g/mol. The molecule has 1 aliphatic heterocycles. The van der Waals surface area contributed by atoms with Gasteiger partial charge in [-0.15, -0.1) is 0 Å². The van der Waals surface area contributed by atoms with Gasteiger partial charge in [0, 0.05) is 25.3 Å². The van der Waals surface area contributed by atoms with Crippen molar-refractivity contribution in [3.05, 3.63) is 48.4 Å². The van der Waals surface area contributed by atoms with Gasteiger partial charge in [0.15, 0.2) is 0 Å². The molecule has 0 saturated carbocycles. The largest absolute Gasteiger partial charge is 0.433 e. The molecule has 3 rings (SSSR count). The normalized spacial score (nSPS) is 17.1. The summed E-state index contributed by atoms with van der Waals surface area (Å²) in [6, 6.07) is 8.27. The number of amides is 1. The lowest BCUT2D eigenvalue weighted by Crippen LogP contribution is -2.32. The third-order valence-electron chi connectivity index (χ3n) is 3.67. The zero-order valence-electron chi connectivity index (χ0n) is 12.7. The predicted octanol–water partition coefficient (Wildman–Crippen LogP) is 2.40. The summed E-state index contributed by atoms with van der Waals surface area (Å²) in [5.74, 6) is 0.455. The van der Waals surface area contributed by atoms with Gasteiger partial charge >= 0.3 is 6.61 Å². The first-order valence-electron chi connectivity index (χ1n) is 7.49. The van der Waals surface area contributed by atoms with Crippen LogP contribution in [0, 0.1) is 0 Å². The summed E-state index contributed by atoms with van der Waals surface area (Å²) < 4.78 is 28.5. The van der Waals surface area contributed by atoms with Crippen LogP contribution in [0.15, 0.2) is 42.7 Å². The number of carbonyl (C=O) groups is 1. The van der Waals surface area contributed by atoms with Crippen LogP contribution < -0.4 is 10.1 Å². The minimum absolute atomic E-state index is 0.00827. The molecule has 0 aliphatic carbocycles. The Morgan fingerprint density at radius 3 is 2.83 bits per heavy atom. The SMILES string of the molecule is O=C(c1ccccn1)N1CC[C@@H](Nc2ccc(OC(F)F)cn2)C1. The van der Waals surface area contributed by atoms with Crippen LogP contribution in [0.25, 0.3) is 0 Å². The highest BCUT2D eigenvalue weighted by Gasteiger charge is 2.27. The van der Waals surface area contributed by atoms with E-state index in [1.807, 2.05) is 0 Å². The van der Waals surface area contributed by atoms with Crippen molar-refractivity contribution in [2.24, 2.45) is 0 Å². The smallest absolute Gasteiger partial charge is 0.387 e. The van der Waals surface area contributed by atoms with E-state index in [0.717, 1.165) is 6.42 Å². The second kappa shape index (κ2) is 7.20. The molecule has 24 heavy (non-hydrogen) atoms. The Labute approximate surface area is 137 Å². The van der Waals surface area contributed by atoms with Gasteiger partial charge in [0.2, 0.25) is 0 Å². The number of nitrogens with zero attached hydrogens (tertiary/aromatic N) is 3. The van der Waals surface area contributed by atoms with E-state index in [-0.39, 0.29) is 17.7 Å². The van der Waals surface area contributed by atoms with E-state index in [4.69, 9.17) is 0 Å². The number of hydrogen-bond acceptors (Lipinski definition) is 5. The summed E-state index contributed by atoms with van der Waals surface area (Å²) in [7, 11) is 0. The summed E-state index contributed by atoms with van der Waals surface area (Å²) in [6.07, 6.45) is 3.60. The molecular formula is C16H16F2N4O2. The lowest BCUT2D eigenvalue weighted by atomic mass is 10.2. The van der Waals surface area contributed by atoms with E-state index in [1.54, 1.807) is 35.4 Å². The Hall–Kier alpha value is -2.77. The Bertz CT molecular complexity index is 682. The van der Waals surface area contributed by atoms with E-state index < -0.39 is 6.61 Å². The maximum absolute atomic E-state index is 12.3. The van der Waals surface area contributed by atoms with Gasteiger partial charge in [-0.3, -0.25) is 9.78 Å². The zero-order valence-corrected chi connectivity index (χ0v) is 12.7. The minimum Gasteiger partial charge on any atom is -0.433 e. The van der Waals surface area contributed by atoms with Crippen molar-refractivity contribution in [1.29, 1.82) is 0 Å². The molecule has 1 fully saturated rings. The predicted molar refractivity (Wildman–Crippen MR) is 83.0 cm³/mol. The molecule has 0 radical (unpaired) electrons. The molecule has 1 amide bonds. The van der Waals surface area contributed by atoms with Gasteiger partial charge in [-0.1, -0.05) is 6.07 Å². The van der Waals surface area contributed by atoms with Gasteiger partial charge in [0.05, 0.1) is 6.20 Å². The number of anilines is 1. The summed E-state index contributed by atoms with van der Waals surface area (Å²) >= 11 is 0. The molecule has 1 atom stereocenters. The summed E-state index contributed by atoms with van der Waals surface area (Å²) in [4.78, 5) is 22.2. The first-order chi connectivity index (χ1) is 11.6. The molecule has 0 spiro atoms. The van der Waals surface area contributed by atoms with E-state index in [2.05, 4.69) is 20.0 Å². The standard InChI is InChI=1S/C16H16F2N4O2/c17-16(18)24-12-4-5-14(20-9-12)21-11-6-8-22(10-11)15(23)13-3-1-2-7-19-13/h1-5,7,9,11,16H,6,8,10H2,(H,20,21)/t11-/m1/s1. The van der Waals surface area contributed by atoms with E-state index >= 15 is 0 Å². The minimum atomic E-state index is -2.87. The summed E-state index contributed by atoms with van der Waals surface area (Å²) in [5.41, 5.74) is 0.421. The van der Waals surface area contributed by atoms with E-state index in [0.29, 0.717) is 24.6 Å². The number of alkyl halides is 2. The molecule has 0 aromatic carbocycles. The third-order valence-corrected chi connectivity index (χ3v) is 3.67. The van der Waals surface area contributed by atoms with Crippen molar-refractivity contribution in [1.82, 2.24) is 14.9 Å². The lowest BCUT2D eigenvalue weighted by Gasteiger charge is -2.17. The lowest BCUT2D eigenvalue weighted by molar-refractivity contribution is -0.0500. The molecule has 1 N–H and O–H groups in total. The average Bonchev–Trinajstić information content (AvgIpc) is 3.05. The molecule has 2 aromatic heterocycles. The van der Waals surface area contributed by atoms with Crippen LogP contribution in [0.4, 0.5) is 14.6 Å².